The molecule has 6 nitrogen and oxygen atoms in total. The summed E-state index contributed by atoms with van der Waals surface area (Å²) in [5.41, 5.74) is 2.22. The van der Waals surface area contributed by atoms with Gasteiger partial charge in [-0.3, -0.25) is 9.59 Å². The number of methoxy groups -OCH3 is 1. The Balaban J connectivity index is 2.38. The Kier molecular flexibility index (Phi) is 5.94. The van der Waals surface area contributed by atoms with Gasteiger partial charge < -0.3 is 14.2 Å². The summed E-state index contributed by atoms with van der Waals surface area (Å²) >= 11 is 0. The van der Waals surface area contributed by atoms with Crippen LogP contribution in [0.1, 0.15) is 72.1 Å². The largest absolute Gasteiger partial charge is 0.464 e. The van der Waals surface area contributed by atoms with Gasteiger partial charge in [0, 0.05) is 30.8 Å². The standard InChI is InChI=1S/C20H30N2O4/c1-11(2)10-16(23)22(15-8-9-15)14(5)19(24)17-12(3)18(20(25)26-7)21(6)13(17)4/h11,14-15H,8-10H2,1-7H3/t14-/m0/s1. The lowest BCUT2D eigenvalue weighted by Crippen LogP contribution is -2.45. The molecule has 1 amide bonds. The molecule has 0 spiro atoms. The van der Waals surface area contributed by atoms with Gasteiger partial charge in [0.2, 0.25) is 5.91 Å². The molecule has 2 rings (SSSR count). The highest BCUT2D eigenvalue weighted by atomic mass is 16.5. The van der Waals surface area contributed by atoms with Crippen molar-refractivity contribution in [2.75, 3.05) is 7.11 Å². The molecule has 0 unspecified atom stereocenters. The molecule has 1 aliphatic rings. The summed E-state index contributed by atoms with van der Waals surface area (Å²) in [6, 6.07) is -0.386. The van der Waals surface area contributed by atoms with Gasteiger partial charge in [0.05, 0.1) is 13.2 Å². The van der Waals surface area contributed by atoms with Crippen molar-refractivity contribution in [2.24, 2.45) is 13.0 Å². The third-order valence-electron chi connectivity index (χ3n) is 5.16. The topological polar surface area (TPSA) is 68.6 Å². The van der Waals surface area contributed by atoms with Crippen LogP contribution in [-0.2, 0) is 16.6 Å². The zero-order valence-corrected chi connectivity index (χ0v) is 16.9. The van der Waals surface area contributed by atoms with E-state index in [9.17, 15) is 14.4 Å². The Morgan fingerprint density at radius 3 is 2.23 bits per heavy atom. The minimum atomic E-state index is -0.543. The SMILES string of the molecule is COC(=O)c1c(C)c(C(=O)[C@H](C)N(C(=O)CC(C)C)C2CC2)c(C)n1C. The van der Waals surface area contributed by atoms with E-state index in [2.05, 4.69) is 0 Å². The highest BCUT2D eigenvalue weighted by Crippen LogP contribution is 2.32. The average Bonchev–Trinajstić information content (AvgIpc) is 3.35. The quantitative estimate of drug-likeness (QED) is 0.552. The summed E-state index contributed by atoms with van der Waals surface area (Å²) in [4.78, 5) is 39.8. The first kappa shape index (κ1) is 20.2. The predicted molar refractivity (Wildman–Crippen MR) is 99.3 cm³/mol. The van der Waals surface area contributed by atoms with Crippen molar-refractivity contribution < 1.29 is 19.1 Å². The molecule has 0 aromatic carbocycles. The average molecular weight is 362 g/mol. The summed E-state index contributed by atoms with van der Waals surface area (Å²) in [6.45, 7) is 9.38. The summed E-state index contributed by atoms with van der Waals surface area (Å²) in [5.74, 6) is -0.301. The maximum atomic E-state index is 13.3. The van der Waals surface area contributed by atoms with Crippen LogP contribution in [0.5, 0.6) is 0 Å². The van der Waals surface area contributed by atoms with Gasteiger partial charge in [0.15, 0.2) is 5.78 Å². The molecule has 1 atom stereocenters. The molecule has 0 N–H and O–H groups in total. The number of hydrogen-bond acceptors (Lipinski definition) is 4. The monoisotopic (exact) mass is 362 g/mol. The molecule has 1 aromatic rings. The van der Waals surface area contributed by atoms with Crippen LogP contribution in [0, 0.1) is 19.8 Å². The number of carbonyl (C=O) groups is 3. The molecular weight excluding hydrogens is 332 g/mol. The van der Waals surface area contributed by atoms with Gasteiger partial charge in [0.1, 0.15) is 5.69 Å². The van der Waals surface area contributed by atoms with Crippen LogP contribution in [0.4, 0.5) is 0 Å². The van der Waals surface area contributed by atoms with E-state index in [1.807, 2.05) is 20.8 Å². The van der Waals surface area contributed by atoms with E-state index in [0.29, 0.717) is 28.9 Å². The highest BCUT2D eigenvalue weighted by molar-refractivity contribution is 6.06. The fraction of sp³-hybridized carbons (Fsp3) is 0.650. The molecule has 0 radical (unpaired) electrons. The molecule has 1 aliphatic carbocycles. The molecule has 6 heteroatoms. The first-order valence-corrected chi connectivity index (χ1v) is 9.21. The lowest BCUT2D eigenvalue weighted by Gasteiger charge is -2.29. The molecule has 0 aliphatic heterocycles. The number of amides is 1. The summed E-state index contributed by atoms with van der Waals surface area (Å²) < 4.78 is 6.54. The number of Topliss-reactive ketones (excluding diaryl/α,β-unsaturated/α-hetero) is 1. The van der Waals surface area contributed by atoms with Crippen LogP contribution >= 0.6 is 0 Å². The second-order valence-electron chi connectivity index (χ2n) is 7.65. The fourth-order valence-electron chi connectivity index (χ4n) is 3.60. The van der Waals surface area contributed by atoms with Crippen LogP contribution < -0.4 is 0 Å². The van der Waals surface area contributed by atoms with Gasteiger partial charge in [-0.1, -0.05) is 13.8 Å². The normalized spacial score (nSPS) is 15.1. The lowest BCUT2D eigenvalue weighted by atomic mass is 9.99. The number of ketones is 1. The molecule has 1 fully saturated rings. The van der Waals surface area contributed by atoms with Crippen LogP contribution in [-0.4, -0.2) is 46.3 Å². The van der Waals surface area contributed by atoms with E-state index < -0.39 is 12.0 Å². The molecule has 1 saturated carbocycles. The van der Waals surface area contributed by atoms with Crippen LogP contribution in [0.25, 0.3) is 0 Å². The van der Waals surface area contributed by atoms with E-state index in [-0.39, 0.29) is 23.7 Å². The second kappa shape index (κ2) is 7.64. The number of ether oxygens (including phenoxy) is 1. The summed E-state index contributed by atoms with van der Waals surface area (Å²) in [6.07, 6.45) is 2.33. The zero-order valence-electron chi connectivity index (χ0n) is 16.9. The van der Waals surface area contributed by atoms with Gasteiger partial charge in [0.25, 0.3) is 0 Å². The number of esters is 1. The van der Waals surface area contributed by atoms with E-state index >= 15 is 0 Å². The Hall–Kier alpha value is -2.11. The predicted octanol–water partition coefficient (Wildman–Crippen LogP) is 3.04. The van der Waals surface area contributed by atoms with Crippen molar-refractivity contribution in [1.82, 2.24) is 9.47 Å². The van der Waals surface area contributed by atoms with Gasteiger partial charge in [-0.2, -0.15) is 0 Å². The summed E-state index contributed by atoms with van der Waals surface area (Å²) in [5, 5.41) is 0. The highest BCUT2D eigenvalue weighted by Gasteiger charge is 2.40. The molecular formula is C20H30N2O4. The minimum absolute atomic E-state index is 0.0304. The lowest BCUT2D eigenvalue weighted by molar-refractivity contribution is -0.133. The molecule has 1 heterocycles. The van der Waals surface area contributed by atoms with E-state index in [1.165, 1.54) is 7.11 Å². The van der Waals surface area contributed by atoms with Crippen LogP contribution in [0.15, 0.2) is 0 Å². The van der Waals surface area contributed by atoms with Gasteiger partial charge >= 0.3 is 5.97 Å². The van der Waals surface area contributed by atoms with Crippen molar-refractivity contribution in [3.05, 3.63) is 22.5 Å². The van der Waals surface area contributed by atoms with E-state index in [4.69, 9.17) is 4.74 Å². The van der Waals surface area contributed by atoms with Crippen molar-refractivity contribution in [1.29, 1.82) is 0 Å². The smallest absolute Gasteiger partial charge is 0.354 e. The molecule has 144 valence electrons. The Bertz CT molecular complexity index is 729. The number of hydrogen-bond donors (Lipinski definition) is 0. The molecule has 0 bridgehead atoms. The van der Waals surface area contributed by atoms with Crippen molar-refractivity contribution >= 4 is 17.7 Å². The molecule has 1 aromatic heterocycles. The minimum Gasteiger partial charge on any atom is -0.464 e. The Morgan fingerprint density at radius 1 is 1.19 bits per heavy atom. The van der Waals surface area contributed by atoms with E-state index in [0.717, 1.165) is 12.8 Å². The van der Waals surface area contributed by atoms with Gasteiger partial charge in [-0.15, -0.1) is 0 Å². The van der Waals surface area contributed by atoms with E-state index in [1.54, 1.807) is 30.4 Å². The Morgan fingerprint density at radius 2 is 1.77 bits per heavy atom. The molecule has 26 heavy (non-hydrogen) atoms. The maximum absolute atomic E-state index is 13.3. The number of rotatable bonds is 7. The fourth-order valence-corrected chi connectivity index (χ4v) is 3.60. The number of nitrogens with zero attached hydrogens (tertiary/aromatic N) is 2. The second-order valence-corrected chi connectivity index (χ2v) is 7.65. The zero-order chi connectivity index (χ0) is 19.8. The van der Waals surface area contributed by atoms with Crippen molar-refractivity contribution in [2.45, 2.75) is 66.0 Å². The Labute approximate surface area is 155 Å². The first-order chi connectivity index (χ1) is 12.1. The maximum Gasteiger partial charge on any atom is 0.354 e. The van der Waals surface area contributed by atoms with Gasteiger partial charge in [-0.25, -0.2) is 4.79 Å². The van der Waals surface area contributed by atoms with Crippen LogP contribution in [0.2, 0.25) is 0 Å². The van der Waals surface area contributed by atoms with Gasteiger partial charge in [-0.05, 0) is 45.1 Å². The first-order valence-electron chi connectivity index (χ1n) is 9.21. The number of aromatic nitrogens is 1. The van der Waals surface area contributed by atoms with Crippen molar-refractivity contribution in [3.8, 4) is 0 Å². The third-order valence-corrected chi connectivity index (χ3v) is 5.16. The summed E-state index contributed by atoms with van der Waals surface area (Å²) in [7, 11) is 3.08. The number of carbonyl (C=O) groups excluding carboxylic acids is 3. The molecule has 0 saturated heterocycles. The third kappa shape index (κ3) is 3.69. The van der Waals surface area contributed by atoms with Crippen LogP contribution in [0.3, 0.4) is 0 Å². The van der Waals surface area contributed by atoms with Crippen molar-refractivity contribution in [3.63, 3.8) is 0 Å².